The van der Waals surface area contributed by atoms with Gasteiger partial charge in [-0.25, -0.2) is 10.1 Å². The summed E-state index contributed by atoms with van der Waals surface area (Å²) in [5.74, 6) is 0.395. The first-order valence-corrected chi connectivity index (χ1v) is 10.9. The lowest BCUT2D eigenvalue weighted by molar-refractivity contribution is 0.0949. The molecule has 2 aromatic heterocycles. The van der Waals surface area contributed by atoms with Gasteiger partial charge in [0.05, 0.1) is 5.69 Å². The fourth-order valence-electron chi connectivity index (χ4n) is 3.00. The number of rotatable bonds is 7. The second-order valence-corrected chi connectivity index (χ2v) is 8.26. The highest BCUT2D eigenvalue weighted by Crippen LogP contribution is 2.27. The second-order valence-electron chi connectivity index (χ2n) is 6.78. The maximum atomic E-state index is 12.8. The van der Waals surface area contributed by atoms with E-state index >= 15 is 0 Å². The smallest absolute Gasteiger partial charge is 0.293 e. The van der Waals surface area contributed by atoms with Crippen LogP contribution in [0.1, 0.15) is 35.4 Å². The Hall–Kier alpha value is -3.18. The van der Waals surface area contributed by atoms with Crippen molar-refractivity contribution in [2.45, 2.75) is 29.9 Å². The minimum atomic E-state index is -0.476. The zero-order chi connectivity index (χ0) is 21.6. The van der Waals surface area contributed by atoms with Crippen molar-refractivity contribution >= 4 is 41.3 Å². The van der Waals surface area contributed by atoms with Crippen LogP contribution in [0.25, 0.3) is 5.82 Å². The van der Waals surface area contributed by atoms with Crippen LogP contribution in [0.2, 0.25) is 5.02 Å². The van der Waals surface area contributed by atoms with Crippen molar-refractivity contribution in [1.29, 1.82) is 0 Å². The molecule has 0 spiro atoms. The van der Waals surface area contributed by atoms with Gasteiger partial charge >= 0.3 is 0 Å². The van der Waals surface area contributed by atoms with Crippen molar-refractivity contribution in [1.82, 2.24) is 30.7 Å². The van der Waals surface area contributed by atoms with E-state index < -0.39 is 5.91 Å². The van der Waals surface area contributed by atoms with Gasteiger partial charge in [0.15, 0.2) is 5.69 Å². The summed E-state index contributed by atoms with van der Waals surface area (Å²) in [6.07, 6.45) is 8.96. The highest BCUT2D eigenvalue weighted by molar-refractivity contribution is 7.98. The molecule has 10 nitrogen and oxygen atoms in total. The molecule has 0 aliphatic heterocycles. The van der Waals surface area contributed by atoms with Gasteiger partial charge in [-0.3, -0.25) is 4.79 Å². The quantitative estimate of drug-likeness (QED) is 0.238. The number of carbonyl (C=O) groups excluding carboxylic acids is 1. The lowest BCUT2D eigenvalue weighted by Crippen LogP contribution is -2.21. The molecule has 12 heteroatoms. The van der Waals surface area contributed by atoms with Crippen LogP contribution in [0.4, 0.5) is 5.82 Å². The summed E-state index contributed by atoms with van der Waals surface area (Å²) in [7, 11) is 0. The number of hydrogen-bond acceptors (Lipinski definition) is 9. The summed E-state index contributed by atoms with van der Waals surface area (Å²) in [6, 6.07) is 7.36. The maximum Gasteiger partial charge on any atom is 0.293 e. The van der Waals surface area contributed by atoms with Crippen LogP contribution in [-0.4, -0.2) is 37.4 Å². The predicted octanol–water partition coefficient (Wildman–Crippen LogP) is 3.25. The van der Waals surface area contributed by atoms with E-state index in [2.05, 4.69) is 47.9 Å². The van der Waals surface area contributed by atoms with Gasteiger partial charge in [0.25, 0.3) is 5.91 Å². The number of hydrazone groups is 1. The van der Waals surface area contributed by atoms with E-state index in [1.54, 1.807) is 18.3 Å². The maximum absolute atomic E-state index is 12.8. The van der Waals surface area contributed by atoms with Gasteiger partial charge in [-0.05, 0) is 59.8 Å². The molecule has 1 amide bonds. The third-order valence-electron chi connectivity index (χ3n) is 4.62. The van der Waals surface area contributed by atoms with E-state index in [-0.39, 0.29) is 17.3 Å². The molecule has 0 saturated carbocycles. The number of thioether (sulfide) groups is 1. The van der Waals surface area contributed by atoms with Gasteiger partial charge in [0.2, 0.25) is 11.6 Å². The minimum Gasteiger partial charge on any atom is -0.378 e. The topological polar surface area (TPSA) is 137 Å². The summed E-state index contributed by atoms with van der Waals surface area (Å²) in [4.78, 5) is 13.7. The lowest BCUT2D eigenvalue weighted by Gasteiger charge is -2.11. The molecule has 0 bridgehead atoms. The van der Waals surface area contributed by atoms with Crippen LogP contribution < -0.4 is 11.2 Å². The van der Waals surface area contributed by atoms with Gasteiger partial charge in [0, 0.05) is 21.9 Å². The Bertz CT molecular complexity index is 1110. The van der Waals surface area contributed by atoms with E-state index in [9.17, 15) is 4.79 Å². The van der Waals surface area contributed by atoms with Crippen LogP contribution in [-0.2, 0) is 5.75 Å². The van der Waals surface area contributed by atoms with E-state index in [0.717, 1.165) is 24.2 Å². The van der Waals surface area contributed by atoms with Crippen LogP contribution in [0.5, 0.6) is 0 Å². The third-order valence-corrected chi connectivity index (χ3v) is 5.90. The molecule has 0 fully saturated rings. The van der Waals surface area contributed by atoms with Crippen LogP contribution in [0, 0.1) is 5.92 Å². The molecule has 1 aromatic carbocycles. The SMILES string of the molecule is Nc1nonc1-n1nnc(C(=O)NN=CC2CC=CCC2)c1CSc1ccc(Cl)cc1. The first-order valence-electron chi connectivity index (χ1n) is 9.51. The van der Waals surface area contributed by atoms with Crippen molar-refractivity contribution in [3.05, 3.63) is 52.8 Å². The summed E-state index contributed by atoms with van der Waals surface area (Å²) in [5, 5.41) is 20.1. The van der Waals surface area contributed by atoms with E-state index in [4.69, 9.17) is 17.3 Å². The number of aromatic nitrogens is 5. The fraction of sp³-hybridized carbons (Fsp3) is 0.263. The number of benzene rings is 1. The average Bonchev–Trinajstić information content (AvgIpc) is 3.39. The molecule has 3 N–H and O–H groups in total. The van der Waals surface area contributed by atoms with Crippen LogP contribution in [0.15, 0.2) is 51.0 Å². The Balaban J connectivity index is 1.54. The Kier molecular flexibility index (Phi) is 6.63. The third kappa shape index (κ3) is 5.12. The number of anilines is 1. The van der Waals surface area contributed by atoms with Crippen molar-refractivity contribution in [3.63, 3.8) is 0 Å². The molecule has 1 unspecified atom stereocenters. The van der Waals surface area contributed by atoms with Crippen molar-refractivity contribution < 1.29 is 9.42 Å². The molecule has 160 valence electrons. The Morgan fingerprint density at radius 3 is 2.90 bits per heavy atom. The largest absolute Gasteiger partial charge is 0.378 e. The van der Waals surface area contributed by atoms with Gasteiger partial charge in [-0.2, -0.15) is 9.78 Å². The monoisotopic (exact) mass is 458 g/mol. The summed E-state index contributed by atoms with van der Waals surface area (Å²) >= 11 is 7.43. The zero-order valence-corrected chi connectivity index (χ0v) is 17.9. The molecule has 1 aliphatic carbocycles. The number of nitrogens with one attached hydrogen (secondary N) is 1. The second kappa shape index (κ2) is 9.75. The van der Waals surface area contributed by atoms with E-state index in [1.807, 2.05) is 12.1 Å². The molecule has 1 aliphatic rings. The first kappa shape index (κ1) is 21.1. The normalized spacial score (nSPS) is 16.1. The number of hydrogen-bond donors (Lipinski definition) is 2. The molecular formula is C19H19ClN8O2S. The predicted molar refractivity (Wildman–Crippen MR) is 117 cm³/mol. The highest BCUT2D eigenvalue weighted by atomic mass is 35.5. The van der Waals surface area contributed by atoms with Gasteiger partial charge in [0.1, 0.15) is 0 Å². The molecule has 4 rings (SSSR count). The zero-order valence-electron chi connectivity index (χ0n) is 16.3. The highest BCUT2D eigenvalue weighted by Gasteiger charge is 2.24. The Morgan fingerprint density at radius 1 is 1.35 bits per heavy atom. The van der Waals surface area contributed by atoms with Crippen molar-refractivity contribution in [3.8, 4) is 5.82 Å². The minimum absolute atomic E-state index is 0.0398. The van der Waals surface area contributed by atoms with Gasteiger partial charge in [-0.1, -0.05) is 29.0 Å². The Labute approximate surface area is 186 Å². The molecule has 0 saturated heterocycles. The van der Waals surface area contributed by atoms with Crippen molar-refractivity contribution in [2.24, 2.45) is 11.0 Å². The molecule has 2 heterocycles. The van der Waals surface area contributed by atoms with E-state index in [1.165, 1.54) is 16.4 Å². The number of nitrogen functional groups attached to an aromatic ring is 1. The summed E-state index contributed by atoms with van der Waals surface area (Å²) in [5.41, 5.74) is 8.94. The molecule has 3 aromatic rings. The lowest BCUT2D eigenvalue weighted by atomic mass is 9.96. The Morgan fingerprint density at radius 2 is 2.19 bits per heavy atom. The van der Waals surface area contributed by atoms with Gasteiger partial charge in [-0.15, -0.1) is 16.9 Å². The molecule has 31 heavy (non-hydrogen) atoms. The number of carbonyl (C=O) groups is 1. The van der Waals surface area contributed by atoms with Crippen LogP contribution >= 0.6 is 23.4 Å². The fourth-order valence-corrected chi connectivity index (χ4v) is 4.02. The standard InChI is InChI=1S/C19H19ClN8O2S/c20-13-6-8-14(9-7-13)31-11-15-16(23-27-28(15)18-17(21)25-30-26-18)19(29)24-22-10-12-4-2-1-3-5-12/h1-2,6-10,12H,3-5,11H2,(H2,21,25)(H,24,29). The number of nitrogens with two attached hydrogens (primary N) is 1. The average molecular weight is 459 g/mol. The van der Waals surface area contributed by atoms with Gasteiger partial charge < -0.3 is 5.73 Å². The first-order chi connectivity index (χ1) is 15.1. The number of amides is 1. The number of nitrogens with zero attached hydrogens (tertiary/aromatic N) is 6. The number of halogens is 1. The van der Waals surface area contributed by atoms with Crippen LogP contribution in [0.3, 0.4) is 0 Å². The molecule has 1 atom stereocenters. The summed E-state index contributed by atoms with van der Waals surface area (Å²) < 4.78 is 6.01. The van der Waals surface area contributed by atoms with Crippen molar-refractivity contribution in [2.75, 3.05) is 5.73 Å². The van der Waals surface area contributed by atoms with E-state index in [0.29, 0.717) is 22.4 Å². The number of allylic oxidation sites excluding steroid dienone is 2. The molecular weight excluding hydrogens is 440 g/mol. The molecule has 0 radical (unpaired) electrons. The summed E-state index contributed by atoms with van der Waals surface area (Å²) in [6.45, 7) is 0.